The second-order valence-corrected chi connectivity index (χ2v) is 5.24. The number of carbonyl (C=O) groups is 2. The molecule has 0 aromatic heterocycles. The van der Waals surface area contributed by atoms with Gasteiger partial charge in [0.2, 0.25) is 0 Å². The summed E-state index contributed by atoms with van der Waals surface area (Å²) in [4.78, 5) is 23.8. The van der Waals surface area contributed by atoms with Crippen LogP contribution >= 0.6 is 0 Å². The summed E-state index contributed by atoms with van der Waals surface area (Å²) in [5.41, 5.74) is 1.67. The molecule has 0 spiro atoms. The molecule has 1 unspecified atom stereocenters. The molecule has 0 aliphatic heterocycles. The van der Waals surface area contributed by atoms with Gasteiger partial charge in [-0.25, -0.2) is 4.79 Å². The minimum absolute atomic E-state index is 0.236. The number of carbonyl (C=O) groups excluding carboxylic acids is 2. The zero-order valence-corrected chi connectivity index (χ0v) is 13.8. The molecule has 1 amide bonds. The van der Waals surface area contributed by atoms with E-state index in [-0.39, 0.29) is 12.5 Å². The first-order valence-corrected chi connectivity index (χ1v) is 7.86. The van der Waals surface area contributed by atoms with Gasteiger partial charge in [-0.2, -0.15) is 0 Å². The van der Waals surface area contributed by atoms with Gasteiger partial charge in [0.1, 0.15) is 5.75 Å². The summed E-state index contributed by atoms with van der Waals surface area (Å²) in [6.07, 6.45) is -0.0936. The maximum absolute atomic E-state index is 12.0. The zero-order chi connectivity index (χ0) is 17.4. The largest absolute Gasteiger partial charge is 0.482 e. The normalized spacial score (nSPS) is 11.4. The van der Waals surface area contributed by atoms with Crippen molar-refractivity contribution in [3.63, 3.8) is 0 Å². The highest BCUT2D eigenvalue weighted by molar-refractivity contribution is 5.95. The minimum atomic E-state index is -0.900. The van der Waals surface area contributed by atoms with Crippen LogP contribution in [0, 0.1) is 0 Å². The SMILES string of the molecule is CCc1ccccc1OCC(=O)OC(C)C(=O)Nc1ccccc1. The van der Waals surface area contributed by atoms with Gasteiger partial charge in [0.05, 0.1) is 0 Å². The summed E-state index contributed by atoms with van der Waals surface area (Å²) < 4.78 is 10.6. The van der Waals surface area contributed by atoms with Crippen molar-refractivity contribution in [3.8, 4) is 5.75 Å². The van der Waals surface area contributed by atoms with Crippen LogP contribution in [0.2, 0.25) is 0 Å². The molecule has 2 aromatic carbocycles. The molecule has 24 heavy (non-hydrogen) atoms. The van der Waals surface area contributed by atoms with Gasteiger partial charge in [-0.05, 0) is 37.1 Å². The third-order valence-electron chi connectivity index (χ3n) is 3.42. The molecule has 0 aliphatic carbocycles. The summed E-state index contributed by atoms with van der Waals surface area (Å²) >= 11 is 0. The van der Waals surface area contributed by atoms with Crippen LogP contribution in [-0.2, 0) is 20.7 Å². The van der Waals surface area contributed by atoms with E-state index in [0.717, 1.165) is 12.0 Å². The number of nitrogens with one attached hydrogen (secondary N) is 1. The van der Waals surface area contributed by atoms with Crippen molar-refractivity contribution in [1.82, 2.24) is 0 Å². The van der Waals surface area contributed by atoms with E-state index in [1.54, 1.807) is 18.2 Å². The van der Waals surface area contributed by atoms with Gasteiger partial charge in [0, 0.05) is 5.69 Å². The van der Waals surface area contributed by atoms with Crippen LogP contribution in [0.25, 0.3) is 0 Å². The van der Waals surface area contributed by atoms with Crippen molar-refractivity contribution in [3.05, 3.63) is 60.2 Å². The summed E-state index contributed by atoms with van der Waals surface area (Å²) in [7, 11) is 0. The van der Waals surface area contributed by atoms with Crippen LogP contribution < -0.4 is 10.1 Å². The van der Waals surface area contributed by atoms with Gasteiger partial charge in [-0.3, -0.25) is 4.79 Å². The van der Waals surface area contributed by atoms with E-state index in [1.807, 2.05) is 43.3 Å². The van der Waals surface area contributed by atoms with E-state index in [2.05, 4.69) is 5.32 Å². The van der Waals surface area contributed by atoms with E-state index >= 15 is 0 Å². The Balaban J connectivity index is 1.82. The Morgan fingerprint density at radius 3 is 2.42 bits per heavy atom. The molecule has 5 heteroatoms. The van der Waals surface area contributed by atoms with Crippen molar-refractivity contribution in [2.45, 2.75) is 26.4 Å². The van der Waals surface area contributed by atoms with E-state index in [9.17, 15) is 9.59 Å². The number of amides is 1. The van der Waals surface area contributed by atoms with Gasteiger partial charge in [-0.1, -0.05) is 43.3 Å². The molecular weight excluding hydrogens is 306 g/mol. The van der Waals surface area contributed by atoms with Crippen molar-refractivity contribution in [2.75, 3.05) is 11.9 Å². The molecule has 0 saturated carbocycles. The van der Waals surface area contributed by atoms with Crippen molar-refractivity contribution in [1.29, 1.82) is 0 Å². The lowest BCUT2D eigenvalue weighted by Crippen LogP contribution is -2.31. The van der Waals surface area contributed by atoms with Gasteiger partial charge in [-0.15, -0.1) is 0 Å². The number of aryl methyl sites for hydroxylation is 1. The molecule has 0 saturated heterocycles. The standard InChI is InChI=1S/C19H21NO4/c1-3-15-9-7-8-12-17(15)23-13-18(21)24-14(2)19(22)20-16-10-5-4-6-11-16/h4-12,14H,3,13H2,1-2H3,(H,20,22). The Labute approximate surface area is 141 Å². The molecule has 1 N–H and O–H groups in total. The number of para-hydroxylation sites is 2. The average molecular weight is 327 g/mol. The first-order valence-electron chi connectivity index (χ1n) is 7.86. The lowest BCUT2D eigenvalue weighted by atomic mass is 10.1. The second-order valence-electron chi connectivity index (χ2n) is 5.24. The average Bonchev–Trinajstić information content (AvgIpc) is 2.61. The molecule has 0 heterocycles. The Hall–Kier alpha value is -2.82. The number of esters is 1. The summed E-state index contributed by atoms with van der Waals surface area (Å²) in [5, 5.41) is 2.68. The highest BCUT2D eigenvalue weighted by Crippen LogP contribution is 2.18. The fourth-order valence-electron chi connectivity index (χ4n) is 2.12. The fourth-order valence-corrected chi connectivity index (χ4v) is 2.12. The Kier molecular flexibility index (Phi) is 6.37. The first-order chi connectivity index (χ1) is 11.6. The first kappa shape index (κ1) is 17.5. The van der Waals surface area contributed by atoms with Gasteiger partial charge < -0.3 is 14.8 Å². The molecule has 2 aromatic rings. The highest BCUT2D eigenvalue weighted by atomic mass is 16.6. The van der Waals surface area contributed by atoms with Crippen LogP contribution in [-0.4, -0.2) is 24.6 Å². The lowest BCUT2D eigenvalue weighted by Gasteiger charge is -2.14. The predicted octanol–water partition coefficient (Wildman–Crippen LogP) is 3.20. The molecule has 0 radical (unpaired) electrons. The maximum Gasteiger partial charge on any atom is 0.344 e. The van der Waals surface area contributed by atoms with Crippen molar-refractivity contribution in [2.24, 2.45) is 0 Å². The third kappa shape index (κ3) is 5.12. The monoisotopic (exact) mass is 327 g/mol. The lowest BCUT2D eigenvalue weighted by molar-refractivity contribution is -0.155. The van der Waals surface area contributed by atoms with Crippen LogP contribution in [0.5, 0.6) is 5.75 Å². The van der Waals surface area contributed by atoms with Crippen LogP contribution in [0.3, 0.4) is 0 Å². The Morgan fingerprint density at radius 1 is 1.04 bits per heavy atom. The Morgan fingerprint density at radius 2 is 1.71 bits per heavy atom. The number of benzene rings is 2. The minimum Gasteiger partial charge on any atom is -0.482 e. The van der Waals surface area contributed by atoms with Crippen LogP contribution in [0.4, 0.5) is 5.69 Å². The topological polar surface area (TPSA) is 64.6 Å². The van der Waals surface area contributed by atoms with Crippen molar-refractivity contribution >= 4 is 17.6 Å². The fraction of sp³-hybridized carbons (Fsp3) is 0.263. The van der Waals surface area contributed by atoms with Gasteiger partial charge in [0.25, 0.3) is 5.91 Å². The molecule has 0 aliphatic rings. The molecule has 2 rings (SSSR count). The van der Waals surface area contributed by atoms with Gasteiger partial charge >= 0.3 is 5.97 Å². The summed E-state index contributed by atoms with van der Waals surface area (Å²) in [6.45, 7) is 3.30. The molecule has 0 fully saturated rings. The van der Waals surface area contributed by atoms with E-state index < -0.39 is 12.1 Å². The maximum atomic E-state index is 12.0. The van der Waals surface area contributed by atoms with Crippen LogP contribution in [0.15, 0.2) is 54.6 Å². The number of anilines is 1. The Bertz CT molecular complexity index is 685. The molecule has 126 valence electrons. The highest BCUT2D eigenvalue weighted by Gasteiger charge is 2.18. The van der Waals surface area contributed by atoms with Crippen molar-refractivity contribution < 1.29 is 19.1 Å². The van der Waals surface area contributed by atoms with E-state index in [0.29, 0.717) is 11.4 Å². The smallest absolute Gasteiger partial charge is 0.344 e. The second kappa shape index (κ2) is 8.72. The summed E-state index contributed by atoms with van der Waals surface area (Å²) in [5.74, 6) is -0.321. The number of rotatable bonds is 7. The predicted molar refractivity (Wildman–Crippen MR) is 91.9 cm³/mol. The molecule has 0 bridgehead atoms. The van der Waals surface area contributed by atoms with Gasteiger partial charge in [0.15, 0.2) is 12.7 Å². The number of hydrogen-bond donors (Lipinski definition) is 1. The number of hydrogen-bond acceptors (Lipinski definition) is 4. The van der Waals surface area contributed by atoms with E-state index in [1.165, 1.54) is 6.92 Å². The molecule has 5 nitrogen and oxygen atoms in total. The third-order valence-corrected chi connectivity index (χ3v) is 3.42. The van der Waals surface area contributed by atoms with Crippen LogP contribution in [0.1, 0.15) is 19.4 Å². The zero-order valence-electron chi connectivity index (χ0n) is 13.8. The molecular formula is C19H21NO4. The van der Waals surface area contributed by atoms with E-state index in [4.69, 9.17) is 9.47 Å². The summed E-state index contributed by atoms with van der Waals surface area (Å²) in [6, 6.07) is 16.5. The number of ether oxygens (including phenoxy) is 2. The molecule has 1 atom stereocenters. The quantitative estimate of drug-likeness (QED) is 0.793.